The monoisotopic (exact) mass is 758 g/mol. The summed E-state index contributed by atoms with van der Waals surface area (Å²) in [5.41, 5.74) is -1.25. The molecule has 0 radical (unpaired) electrons. The Kier molecular flexibility index (Phi) is 12.5. The van der Waals surface area contributed by atoms with Gasteiger partial charge in [0.2, 0.25) is 0 Å². The summed E-state index contributed by atoms with van der Waals surface area (Å²) < 4.78 is 28.6. The Morgan fingerprint density at radius 1 is 0.792 bits per heavy atom. The molecule has 2 aliphatic heterocycles. The van der Waals surface area contributed by atoms with E-state index in [-0.39, 0.29) is 55.3 Å². The van der Waals surface area contributed by atoms with Crippen LogP contribution in [0.3, 0.4) is 0 Å². The van der Waals surface area contributed by atoms with Gasteiger partial charge in [-0.1, -0.05) is 39.8 Å². The van der Waals surface area contributed by atoms with E-state index < -0.39 is 96.5 Å². The van der Waals surface area contributed by atoms with Gasteiger partial charge in [0.05, 0.1) is 49.8 Å². The van der Waals surface area contributed by atoms with Gasteiger partial charge < -0.3 is 69.6 Å². The minimum Gasteiger partial charge on any atom is -0.393 e. The largest absolute Gasteiger partial charge is 0.393 e. The molecular weight excluding hydrogens is 692 g/mol. The maximum atomic E-state index is 12.6. The predicted molar refractivity (Wildman–Crippen MR) is 189 cm³/mol. The van der Waals surface area contributed by atoms with Gasteiger partial charge in [-0.2, -0.15) is 0 Å². The number of ether oxygens (including phenoxy) is 5. The minimum absolute atomic E-state index is 0.0761. The Labute approximate surface area is 313 Å². The van der Waals surface area contributed by atoms with Crippen LogP contribution in [0.5, 0.6) is 0 Å². The summed E-state index contributed by atoms with van der Waals surface area (Å²) in [5, 5.41) is 98.5. The second-order valence-corrected chi connectivity index (χ2v) is 18.1. The van der Waals surface area contributed by atoms with Crippen LogP contribution in [0.15, 0.2) is 12.2 Å². The van der Waals surface area contributed by atoms with E-state index in [2.05, 4.69) is 20.4 Å². The highest BCUT2D eigenvalue weighted by atomic mass is 16.8. The molecule has 306 valence electrons. The lowest BCUT2D eigenvalue weighted by Gasteiger charge is -2.66. The quantitative estimate of drug-likeness (QED) is 0.129. The maximum absolute atomic E-state index is 12.6. The molecule has 21 atom stereocenters. The van der Waals surface area contributed by atoms with Crippen LogP contribution >= 0.6 is 0 Å². The molecule has 6 aliphatic rings. The number of aliphatic hydroxyl groups is 9. The highest BCUT2D eigenvalue weighted by Crippen LogP contribution is 2.69. The summed E-state index contributed by atoms with van der Waals surface area (Å²) in [6, 6.07) is 0. The van der Waals surface area contributed by atoms with Crippen LogP contribution in [0.4, 0.5) is 0 Å². The third kappa shape index (κ3) is 7.30. The first-order chi connectivity index (χ1) is 24.9. The van der Waals surface area contributed by atoms with Gasteiger partial charge in [-0.15, -0.1) is 0 Å². The first-order valence-corrected chi connectivity index (χ1v) is 19.8. The van der Waals surface area contributed by atoms with Gasteiger partial charge in [0.25, 0.3) is 0 Å². The molecule has 6 rings (SSSR count). The summed E-state index contributed by atoms with van der Waals surface area (Å²) in [4.78, 5) is 0. The number of hydrogen-bond donors (Lipinski definition) is 9. The van der Waals surface area contributed by atoms with E-state index in [1.807, 2.05) is 13.8 Å². The van der Waals surface area contributed by atoms with Gasteiger partial charge in [0.15, 0.2) is 12.6 Å². The third-order valence-corrected chi connectivity index (χ3v) is 15.0. The predicted octanol–water partition coefficient (Wildman–Crippen LogP) is 0.215. The molecule has 14 nitrogen and oxygen atoms in total. The van der Waals surface area contributed by atoms with Gasteiger partial charge in [0, 0.05) is 31.3 Å². The standard InChI is InChI=1S/C39H66O14/c1-18(20(3)15-50-35-33(31(47)26(44)16-51-35)53-36-32(49-6)30(46)25(43)17-52-36)7-8-19(2)21-13-23(41)34-37(21,4)12-10-27-38(5)11-9-22(40)29(45)28(38)24(42)14-39(27,34)48/h19-36,40-48H,1,7-17H2,2-6H3. The molecule has 0 aromatic carbocycles. The number of methoxy groups -OCH3 is 1. The van der Waals surface area contributed by atoms with Gasteiger partial charge in [-0.25, -0.2) is 0 Å². The number of aliphatic hydroxyl groups excluding tert-OH is 8. The molecule has 21 unspecified atom stereocenters. The molecule has 53 heavy (non-hydrogen) atoms. The van der Waals surface area contributed by atoms with Gasteiger partial charge >= 0.3 is 0 Å². The van der Waals surface area contributed by atoms with Gasteiger partial charge in [0.1, 0.15) is 36.6 Å². The van der Waals surface area contributed by atoms with Crippen LogP contribution in [-0.4, -0.2) is 152 Å². The highest BCUT2D eigenvalue weighted by molar-refractivity contribution is 5.21. The lowest BCUT2D eigenvalue weighted by atomic mass is 9.41. The van der Waals surface area contributed by atoms with E-state index in [0.29, 0.717) is 25.7 Å². The minimum atomic E-state index is -1.37. The molecule has 2 saturated heterocycles. The Morgan fingerprint density at radius 3 is 2.08 bits per heavy atom. The SMILES string of the molecule is C=C(CCC(C)C1CC(O)C2C1(C)CCC1C3(C)CCC(O)C(O)C3C(O)CC12O)C(C)COC1OCC(O)C(O)C1OC1OCC(O)C(O)C1OC. The molecule has 0 amide bonds. The Morgan fingerprint density at radius 2 is 1.42 bits per heavy atom. The van der Waals surface area contributed by atoms with E-state index in [9.17, 15) is 46.0 Å². The molecule has 0 aromatic rings. The summed E-state index contributed by atoms with van der Waals surface area (Å²) in [6.45, 7) is 12.6. The smallest absolute Gasteiger partial charge is 0.187 e. The molecule has 0 bridgehead atoms. The van der Waals surface area contributed by atoms with E-state index in [1.165, 1.54) is 7.11 Å². The van der Waals surface area contributed by atoms with Crippen LogP contribution in [0, 0.1) is 46.3 Å². The fourth-order valence-electron chi connectivity index (χ4n) is 12.1. The molecule has 6 fully saturated rings. The summed E-state index contributed by atoms with van der Waals surface area (Å²) >= 11 is 0. The van der Waals surface area contributed by atoms with Crippen LogP contribution in [-0.2, 0) is 23.7 Å². The average Bonchev–Trinajstić information content (AvgIpc) is 3.39. The van der Waals surface area contributed by atoms with Crippen molar-refractivity contribution < 1.29 is 69.6 Å². The first-order valence-electron chi connectivity index (χ1n) is 19.8. The summed E-state index contributed by atoms with van der Waals surface area (Å²) in [6.07, 6.45) is -8.46. The van der Waals surface area contributed by atoms with E-state index in [0.717, 1.165) is 24.8 Å². The van der Waals surface area contributed by atoms with Gasteiger partial charge in [-0.05, 0) is 73.5 Å². The lowest BCUT2D eigenvalue weighted by Crippen LogP contribution is -2.70. The first kappa shape index (κ1) is 41.8. The topological polar surface area (TPSA) is 228 Å². The van der Waals surface area contributed by atoms with Crippen LogP contribution in [0.25, 0.3) is 0 Å². The number of rotatable bonds is 11. The number of fused-ring (bicyclic) bond motifs is 5. The van der Waals surface area contributed by atoms with Crippen molar-refractivity contribution in [2.75, 3.05) is 26.9 Å². The van der Waals surface area contributed by atoms with Crippen molar-refractivity contribution in [3.8, 4) is 0 Å². The maximum Gasteiger partial charge on any atom is 0.187 e. The Bertz CT molecular complexity index is 1270. The molecular formula is C39H66O14. The zero-order valence-electron chi connectivity index (χ0n) is 31.9. The summed E-state index contributed by atoms with van der Waals surface area (Å²) in [5.74, 6) is -0.926. The molecule has 0 aromatic heterocycles. The van der Waals surface area contributed by atoms with Crippen molar-refractivity contribution in [2.45, 2.75) is 158 Å². The molecule has 14 heteroatoms. The molecule has 4 saturated carbocycles. The van der Waals surface area contributed by atoms with Crippen molar-refractivity contribution in [3.63, 3.8) is 0 Å². The van der Waals surface area contributed by atoms with Crippen LogP contribution in [0.2, 0.25) is 0 Å². The van der Waals surface area contributed by atoms with Crippen molar-refractivity contribution in [1.82, 2.24) is 0 Å². The van der Waals surface area contributed by atoms with E-state index in [4.69, 9.17) is 23.7 Å². The van der Waals surface area contributed by atoms with Gasteiger partial charge in [-0.3, -0.25) is 0 Å². The fourth-order valence-corrected chi connectivity index (χ4v) is 12.1. The average molecular weight is 759 g/mol. The van der Waals surface area contributed by atoms with Crippen LogP contribution in [0.1, 0.15) is 79.1 Å². The van der Waals surface area contributed by atoms with Crippen molar-refractivity contribution >= 4 is 0 Å². The third-order valence-electron chi connectivity index (χ3n) is 15.0. The zero-order valence-corrected chi connectivity index (χ0v) is 31.9. The van der Waals surface area contributed by atoms with Crippen LogP contribution < -0.4 is 0 Å². The number of hydrogen-bond acceptors (Lipinski definition) is 14. The van der Waals surface area contributed by atoms with E-state index >= 15 is 0 Å². The van der Waals surface area contributed by atoms with Crippen molar-refractivity contribution in [3.05, 3.63) is 12.2 Å². The molecule has 4 aliphatic carbocycles. The normalized spacial score (nSPS) is 52.6. The fraction of sp³-hybridized carbons (Fsp3) is 0.949. The van der Waals surface area contributed by atoms with E-state index in [1.54, 1.807) is 0 Å². The molecule has 9 N–H and O–H groups in total. The Balaban J connectivity index is 1.05. The molecule has 0 spiro atoms. The van der Waals surface area contributed by atoms with Crippen molar-refractivity contribution in [1.29, 1.82) is 0 Å². The second kappa shape index (κ2) is 15.8. The van der Waals surface area contributed by atoms with Crippen molar-refractivity contribution in [2.24, 2.45) is 46.3 Å². The molecule has 2 heterocycles. The highest BCUT2D eigenvalue weighted by Gasteiger charge is 2.71. The summed E-state index contributed by atoms with van der Waals surface area (Å²) in [7, 11) is 1.34. The zero-order chi connectivity index (χ0) is 38.8. The Hall–Kier alpha value is -0.820. The second-order valence-electron chi connectivity index (χ2n) is 18.1. The lowest BCUT2D eigenvalue weighted by molar-refractivity contribution is -0.346.